The van der Waals surface area contributed by atoms with Crippen molar-refractivity contribution >= 4 is 11.8 Å². The van der Waals surface area contributed by atoms with E-state index in [9.17, 15) is 24.9 Å². The van der Waals surface area contributed by atoms with Crippen LogP contribution in [0.4, 0.5) is 0 Å². The number of aliphatic hydroxyl groups excluding tert-OH is 3. The molecule has 0 spiro atoms. The number of aliphatic carboxylic acids is 1. The number of carbonyl (C=O) groups is 2. The maximum atomic E-state index is 12.8. The fourth-order valence-electron chi connectivity index (χ4n) is 7.64. The standard InChI is InChI=1S/C39H68O8/c1-24(19-28(5)34(42)23-35(43)29(6)20-25(2)18-26(3)21-30(7)37(44)45)12-11-13-27(4)33(41)22-32-14-16-39(10,46-32)36-15-17-38(9,47-36)31(8)40/h11,13,23-33,36,40-42H,12,14-22H2,1-10H3,(H,44,45)/b13-11+,34-23-/t24-,25+,26+,27+,28-,29+,30+,31+,32?,33?,36?,38?,39?/m0/s1. The quantitative estimate of drug-likeness (QED) is 0.0584. The average Bonchev–Trinajstić information content (AvgIpc) is 3.56. The van der Waals surface area contributed by atoms with E-state index >= 15 is 0 Å². The maximum Gasteiger partial charge on any atom is 0.306 e. The van der Waals surface area contributed by atoms with E-state index in [2.05, 4.69) is 39.8 Å². The van der Waals surface area contributed by atoms with Gasteiger partial charge in [0.25, 0.3) is 0 Å². The molecule has 13 atom stereocenters. The molecule has 4 N–H and O–H groups in total. The molecule has 47 heavy (non-hydrogen) atoms. The average molecular weight is 665 g/mol. The monoisotopic (exact) mass is 664 g/mol. The van der Waals surface area contributed by atoms with Crippen LogP contribution in [0.2, 0.25) is 0 Å². The lowest BCUT2D eigenvalue weighted by atomic mass is 9.84. The summed E-state index contributed by atoms with van der Waals surface area (Å²) in [5, 5.41) is 40.9. The lowest BCUT2D eigenvalue weighted by Crippen LogP contribution is -2.44. The Balaban J connectivity index is 1.75. The minimum Gasteiger partial charge on any atom is -0.512 e. The smallest absolute Gasteiger partial charge is 0.306 e. The first kappa shape index (κ1) is 41.4. The SMILES string of the molecule is C[C@H](C[C@@H](C)C[C@@H](C)C(=O)/C=C(\O)[C@@H](C)C[C@@H](C)C/C=C/[C@@H](C)C(O)CC1CCC(C)(C2CCC(C)([C@@H](C)O)O2)O1)C[C@@H](C)C(=O)O. The van der Waals surface area contributed by atoms with E-state index in [-0.39, 0.29) is 59.3 Å². The number of aliphatic hydroxyl groups is 3. The van der Waals surface area contributed by atoms with Crippen molar-refractivity contribution in [2.24, 2.45) is 41.4 Å². The highest BCUT2D eigenvalue weighted by molar-refractivity contribution is 5.91. The van der Waals surface area contributed by atoms with Gasteiger partial charge in [-0.2, -0.15) is 0 Å². The Hall–Kier alpha value is -1.74. The number of carboxylic acid groups (broad SMARTS) is 1. The molecule has 0 aliphatic carbocycles. The summed E-state index contributed by atoms with van der Waals surface area (Å²) in [6.45, 7) is 19.8. The van der Waals surface area contributed by atoms with Gasteiger partial charge in [0, 0.05) is 30.3 Å². The molecule has 2 aliphatic rings. The van der Waals surface area contributed by atoms with E-state index < -0.39 is 29.4 Å². The first-order valence-electron chi connectivity index (χ1n) is 18.3. The van der Waals surface area contributed by atoms with Crippen molar-refractivity contribution in [1.29, 1.82) is 0 Å². The van der Waals surface area contributed by atoms with E-state index in [1.54, 1.807) is 13.8 Å². The van der Waals surface area contributed by atoms with Gasteiger partial charge >= 0.3 is 5.97 Å². The van der Waals surface area contributed by atoms with Crippen molar-refractivity contribution in [2.45, 2.75) is 169 Å². The van der Waals surface area contributed by atoms with Crippen LogP contribution in [0.5, 0.6) is 0 Å². The Morgan fingerprint density at radius 2 is 1.38 bits per heavy atom. The summed E-state index contributed by atoms with van der Waals surface area (Å²) in [5.41, 5.74) is -0.927. The number of carbonyl (C=O) groups excluding carboxylic acids is 1. The summed E-state index contributed by atoms with van der Waals surface area (Å²) in [5.74, 6) is -0.587. The summed E-state index contributed by atoms with van der Waals surface area (Å²) in [6, 6.07) is 0. The summed E-state index contributed by atoms with van der Waals surface area (Å²) >= 11 is 0. The molecular weight excluding hydrogens is 596 g/mol. The second kappa shape index (κ2) is 18.3. The second-order valence-corrected chi connectivity index (χ2v) is 16.3. The molecule has 8 heteroatoms. The Morgan fingerprint density at radius 3 is 1.96 bits per heavy atom. The Bertz CT molecular complexity index is 1050. The molecule has 8 nitrogen and oxygen atoms in total. The van der Waals surface area contributed by atoms with Crippen molar-refractivity contribution in [2.75, 3.05) is 0 Å². The zero-order chi connectivity index (χ0) is 35.7. The van der Waals surface area contributed by atoms with Crippen LogP contribution in [-0.4, -0.2) is 67.8 Å². The molecule has 0 aromatic heterocycles. The molecule has 2 heterocycles. The van der Waals surface area contributed by atoms with Gasteiger partial charge in [-0.3, -0.25) is 9.59 Å². The first-order valence-corrected chi connectivity index (χ1v) is 18.3. The highest BCUT2D eigenvalue weighted by atomic mass is 16.6. The highest BCUT2D eigenvalue weighted by Gasteiger charge is 2.51. The van der Waals surface area contributed by atoms with Crippen LogP contribution in [0.25, 0.3) is 0 Å². The predicted octanol–water partition coefficient (Wildman–Crippen LogP) is 8.05. The molecular formula is C39H68O8. The molecule has 0 radical (unpaired) electrons. The van der Waals surface area contributed by atoms with E-state index in [1.165, 1.54) is 6.08 Å². The van der Waals surface area contributed by atoms with E-state index in [0.29, 0.717) is 25.2 Å². The summed E-state index contributed by atoms with van der Waals surface area (Å²) < 4.78 is 12.8. The lowest BCUT2D eigenvalue weighted by molar-refractivity contribution is -0.171. The minimum absolute atomic E-state index is 0.0188. The second-order valence-electron chi connectivity index (χ2n) is 16.3. The fraction of sp³-hybridized carbons (Fsp3) is 0.846. The van der Waals surface area contributed by atoms with Gasteiger partial charge in [-0.25, -0.2) is 0 Å². The third kappa shape index (κ3) is 12.9. The van der Waals surface area contributed by atoms with E-state index in [0.717, 1.165) is 44.9 Å². The van der Waals surface area contributed by atoms with Gasteiger partial charge in [-0.1, -0.05) is 60.6 Å². The number of hydrogen-bond acceptors (Lipinski definition) is 7. The Labute approximate surface area is 285 Å². The number of allylic oxidation sites excluding steroid dienone is 3. The largest absolute Gasteiger partial charge is 0.512 e. The molecule has 2 fully saturated rings. The summed E-state index contributed by atoms with van der Waals surface area (Å²) in [7, 11) is 0. The van der Waals surface area contributed by atoms with Crippen molar-refractivity contribution in [3.05, 3.63) is 24.0 Å². The Kier molecular flexibility index (Phi) is 16.1. The van der Waals surface area contributed by atoms with Gasteiger partial charge in [0.1, 0.15) is 0 Å². The van der Waals surface area contributed by atoms with Crippen molar-refractivity contribution < 1.29 is 39.5 Å². The van der Waals surface area contributed by atoms with Gasteiger partial charge in [-0.15, -0.1) is 0 Å². The number of hydrogen-bond donors (Lipinski definition) is 4. The molecule has 2 saturated heterocycles. The molecule has 2 rings (SSSR count). The lowest BCUT2D eigenvalue weighted by Gasteiger charge is -2.35. The normalized spacial score (nSPS) is 31.2. The summed E-state index contributed by atoms with van der Waals surface area (Å²) in [4.78, 5) is 24.0. The minimum atomic E-state index is -0.770. The van der Waals surface area contributed by atoms with Gasteiger partial charge < -0.3 is 29.9 Å². The Morgan fingerprint density at radius 1 is 0.787 bits per heavy atom. The zero-order valence-corrected chi connectivity index (χ0v) is 31.1. The maximum absolute atomic E-state index is 12.8. The zero-order valence-electron chi connectivity index (χ0n) is 31.1. The molecule has 2 aliphatic heterocycles. The molecule has 0 aromatic carbocycles. The molecule has 0 bridgehead atoms. The first-order chi connectivity index (χ1) is 21.8. The van der Waals surface area contributed by atoms with Crippen LogP contribution in [0, 0.1) is 41.4 Å². The molecule has 5 unspecified atom stereocenters. The third-order valence-electron chi connectivity index (χ3n) is 11.1. The van der Waals surface area contributed by atoms with Gasteiger partial charge in [0.2, 0.25) is 0 Å². The highest BCUT2D eigenvalue weighted by Crippen LogP contribution is 2.45. The molecule has 0 amide bonds. The van der Waals surface area contributed by atoms with Crippen molar-refractivity contribution in [1.82, 2.24) is 0 Å². The van der Waals surface area contributed by atoms with Gasteiger partial charge in [0.15, 0.2) is 5.78 Å². The molecule has 0 aromatic rings. The van der Waals surface area contributed by atoms with Crippen LogP contribution in [0.3, 0.4) is 0 Å². The molecule has 0 saturated carbocycles. The number of ketones is 1. The van der Waals surface area contributed by atoms with E-state index in [4.69, 9.17) is 14.6 Å². The van der Waals surface area contributed by atoms with E-state index in [1.807, 2.05) is 27.7 Å². The van der Waals surface area contributed by atoms with Crippen LogP contribution in [-0.2, 0) is 19.1 Å². The number of carboxylic acids is 1. The predicted molar refractivity (Wildman–Crippen MR) is 187 cm³/mol. The van der Waals surface area contributed by atoms with Crippen molar-refractivity contribution in [3.63, 3.8) is 0 Å². The third-order valence-corrected chi connectivity index (χ3v) is 11.1. The van der Waals surface area contributed by atoms with Crippen molar-refractivity contribution in [3.8, 4) is 0 Å². The fourth-order valence-corrected chi connectivity index (χ4v) is 7.64. The van der Waals surface area contributed by atoms with Crippen LogP contribution >= 0.6 is 0 Å². The van der Waals surface area contributed by atoms with Crippen LogP contribution in [0.1, 0.15) is 133 Å². The summed E-state index contributed by atoms with van der Waals surface area (Å²) in [6.07, 6.45) is 12.2. The number of ether oxygens (including phenoxy) is 2. The number of rotatable bonds is 20. The molecule has 272 valence electrons. The van der Waals surface area contributed by atoms with Gasteiger partial charge in [-0.05, 0) is 96.3 Å². The topological polar surface area (TPSA) is 134 Å². The van der Waals surface area contributed by atoms with Crippen LogP contribution < -0.4 is 0 Å². The van der Waals surface area contributed by atoms with Gasteiger partial charge in [0.05, 0.1) is 47.3 Å². The van der Waals surface area contributed by atoms with Crippen LogP contribution in [0.15, 0.2) is 24.0 Å².